The topological polar surface area (TPSA) is 46.2 Å². The molecule has 2 aliphatic rings. The van der Waals surface area contributed by atoms with Crippen LogP contribution in [0.25, 0.3) is 0 Å². The summed E-state index contributed by atoms with van der Waals surface area (Å²) in [6.07, 6.45) is 11.7. The molecule has 2 unspecified atom stereocenters. The summed E-state index contributed by atoms with van der Waals surface area (Å²) >= 11 is 0. The molecule has 0 radical (unpaired) electrons. The second-order valence-corrected chi connectivity index (χ2v) is 8.62. The van der Waals surface area contributed by atoms with Gasteiger partial charge in [-0.3, -0.25) is 0 Å². The minimum absolute atomic E-state index is 0.360. The SMILES string of the molecule is CCCNC(CC1CCS(=O)(=O)C1)C1=CCCCCC1. The number of allylic oxidation sites excluding steroid dienone is 1. The molecule has 1 fully saturated rings. The molecule has 0 aromatic heterocycles. The zero-order chi connectivity index (χ0) is 14.4. The third kappa shape index (κ3) is 4.88. The van der Waals surface area contributed by atoms with Gasteiger partial charge in [-0.1, -0.05) is 25.0 Å². The van der Waals surface area contributed by atoms with E-state index in [-0.39, 0.29) is 0 Å². The smallest absolute Gasteiger partial charge is 0.150 e. The third-order valence-electron chi connectivity index (χ3n) is 4.56. The van der Waals surface area contributed by atoms with Crippen molar-refractivity contribution < 1.29 is 8.42 Å². The van der Waals surface area contributed by atoms with E-state index in [2.05, 4.69) is 18.3 Å². The molecule has 4 heteroatoms. The number of hydrogen-bond donors (Lipinski definition) is 1. The van der Waals surface area contributed by atoms with Crippen molar-refractivity contribution in [1.82, 2.24) is 5.32 Å². The first kappa shape index (κ1) is 16.0. The highest BCUT2D eigenvalue weighted by Crippen LogP contribution is 2.28. The molecule has 0 bridgehead atoms. The number of rotatable bonds is 6. The van der Waals surface area contributed by atoms with Gasteiger partial charge in [-0.25, -0.2) is 8.42 Å². The third-order valence-corrected chi connectivity index (χ3v) is 6.40. The van der Waals surface area contributed by atoms with Crippen LogP contribution in [0.15, 0.2) is 11.6 Å². The molecule has 2 atom stereocenters. The van der Waals surface area contributed by atoms with Crippen molar-refractivity contribution in [1.29, 1.82) is 0 Å². The van der Waals surface area contributed by atoms with Crippen molar-refractivity contribution in [3.8, 4) is 0 Å². The maximum absolute atomic E-state index is 11.6. The fraction of sp³-hybridized carbons (Fsp3) is 0.875. The van der Waals surface area contributed by atoms with Crippen molar-refractivity contribution in [2.75, 3.05) is 18.1 Å². The van der Waals surface area contributed by atoms with E-state index in [9.17, 15) is 8.42 Å². The van der Waals surface area contributed by atoms with Crippen LogP contribution >= 0.6 is 0 Å². The van der Waals surface area contributed by atoms with Crippen molar-refractivity contribution >= 4 is 9.84 Å². The minimum Gasteiger partial charge on any atom is -0.310 e. The summed E-state index contributed by atoms with van der Waals surface area (Å²) in [5, 5.41) is 3.66. The van der Waals surface area contributed by atoms with E-state index in [0.717, 1.165) is 25.8 Å². The lowest BCUT2D eigenvalue weighted by Gasteiger charge is -2.24. The summed E-state index contributed by atoms with van der Waals surface area (Å²) in [5.41, 5.74) is 1.54. The van der Waals surface area contributed by atoms with E-state index in [1.165, 1.54) is 32.1 Å². The van der Waals surface area contributed by atoms with Gasteiger partial charge in [-0.15, -0.1) is 0 Å². The van der Waals surface area contributed by atoms with E-state index in [0.29, 0.717) is 23.5 Å². The van der Waals surface area contributed by atoms with Crippen LogP contribution < -0.4 is 5.32 Å². The quantitative estimate of drug-likeness (QED) is 0.767. The van der Waals surface area contributed by atoms with Gasteiger partial charge in [-0.2, -0.15) is 0 Å². The van der Waals surface area contributed by atoms with Crippen LogP contribution in [-0.4, -0.2) is 32.5 Å². The summed E-state index contributed by atoms with van der Waals surface area (Å²) in [7, 11) is -2.75. The van der Waals surface area contributed by atoms with Crippen LogP contribution in [0.1, 0.15) is 58.3 Å². The molecule has 1 N–H and O–H groups in total. The largest absolute Gasteiger partial charge is 0.310 e. The van der Waals surface area contributed by atoms with Crippen LogP contribution in [0.5, 0.6) is 0 Å². The Kier molecular flexibility index (Phi) is 6.09. The van der Waals surface area contributed by atoms with Crippen LogP contribution in [0.3, 0.4) is 0 Å². The molecule has 1 aliphatic heterocycles. The molecule has 0 saturated carbocycles. The Labute approximate surface area is 124 Å². The average Bonchev–Trinajstić information content (AvgIpc) is 2.64. The number of nitrogens with one attached hydrogen (secondary N) is 1. The van der Waals surface area contributed by atoms with Gasteiger partial charge in [0, 0.05) is 6.04 Å². The Balaban J connectivity index is 1.97. The molecule has 1 heterocycles. The van der Waals surface area contributed by atoms with Gasteiger partial charge in [0.1, 0.15) is 0 Å². The van der Waals surface area contributed by atoms with E-state index >= 15 is 0 Å². The lowest BCUT2D eigenvalue weighted by atomic mass is 9.91. The van der Waals surface area contributed by atoms with Gasteiger partial charge >= 0.3 is 0 Å². The molecule has 1 aliphatic carbocycles. The molecule has 1 saturated heterocycles. The Morgan fingerprint density at radius 2 is 2.20 bits per heavy atom. The lowest BCUT2D eigenvalue weighted by molar-refractivity contribution is 0.432. The van der Waals surface area contributed by atoms with Crippen LogP contribution in [0.4, 0.5) is 0 Å². The summed E-state index contributed by atoms with van der Waals surface area (Å²) in [6, 6.07) is 0.409. The fourth-order valence-corrected chi connectivity index (χ4v) is 5.31. The monoisotopic (exact) mass is 299 g/mol. The zero-order valence-electron chi connectivity index (χ0n) is 12.7. The molecule has 116 valence electrons. The van der Waals surface area contributed by atoms with Gasteiger partial charge in [0.05, 0.1) is 11.5 Å². The molecule has 3 nitrogen and oxygen atoms in total. The maximum atomic E-state index is 11.6. The van der Waals surface area contributed by atoms with E-state index in [4.69, 9.17) is 0 Å². The normalized spacial score (nSPS) is 27.9. The highest BCUT2D eigenvalue weighted by molar-refractivity contribution is 7.91. The standard InChI is InChI=1S/C16H29NO2S/c1-2-10-17-16(15-7-5-3-4-6-8-15)12-14-9-11-20(18,19)13-14/h7,14,16-17H,2-6,8-13H2,1H3. The first-order valence-electron chi connectivity index (χ1n) is 8.23. The second kappa shape index (κ2) is 7.60. The van der Waals surface area contributed by atoms with Crippen molar-refractivity contribution in [3.63, 3.8) is 0 Å². The molecule has 0 amide bonds. The summed E-state index contributed by atoms with van der Waals surface area (Å²) in [5.74, 6) is 1.17. The zero-order valence-corrected chi connectivity index (χ0v) is 13.6. The predicted octanol–water partition coefficient (Wildman–Crippen LogP) is 3.07. The van der Waals surface area contributed by atoms with Crippen LogP contribution in [-0.2, 0) is 9.84 Å². The Morgan fingerprint density at radius 3 is 2.90 bits per heavy atom. The van der Waals surface area contributed by atoms with Crippen molar-refractivity contribution in [3.05, 3.63) is 11.6 Å². The molecule has 0 aromatic rings. The minimum atomic E-state index is -2.75. The maximum Gasteiger partial charge on any atom is 0.150 e. The first-order valence-corrected chi connectivity index (χ1v) is 10.1. The highest BCUT2D eigenvalue weighted by atomic mass is 32.2. The predicted molar refractivity (Wildman–Crippen MR) is 84.6 cm³/mol. The first-order chi connectivity index (χ1) is 9.61. The molecule has 0 aromatic carbocycles. The van der Waals surface area contributed by atoms with Gasteiger partial charge in [0.15, 0.2) is 9.84 Å². The van der Waals surface area contributed by atoms with Gasteiger partial charge in [0.2, 0.25) is 0 Å². The molecular weight excluding hydrogens is 270 g/mol. The van der Waals surface area contributed by atoms with Crippen molar-refractivity contribution in [2.24, 2.45) is 5.92 Å². The van der Waals surface area contributed by atoms with Gasteiger partial charge < -0.3 is 5.32 Å². The second-order valence-electron chi connectivity index (χ2n) is 6.39. The van der Waals surface area contributed by atoms with Gasteiger partial charge in [-0.05, 0) is 57.4 Å². The summed E-state index contributed by atoms with van der Waals surface area (Å²) in [6.45, 7) is 3.22. The molecule has 0 spiro atoms. The highest BCUT2D eigenvalue weighted by Gasteiger charge is 2.30. The van der Waals surface area contributed by atoms with Crippen LogP contribution in [0.2, 0.25) is 0 Å². The number of sulfone groups is 1. The van der Waals surface area contributed by atoms with E-state index in [1.54, 1.807) is 5.57 Å². The molecule has 20 heavy (non-hydrogen) atoms. The molecular formula is C16H29NO2S. The average molecular weight is 299 g/mol. The van der Waals surface area contributed by atoms with E-state index in [1.807, 2.05) is 0 Å². The lowest BCUT2D eigenvalue weighted by Crippen LogP contribution is -2.34. The fourth-order valence-electron chi connectivity index (χ4n) is 3.43. The summed E-state index contributed by atoms with van der Waals surface area (Å²) in [4.78, 5) is 0. The Hall–Kier alpha value is -0.350. The Bertz CT molecular complexity index is 428. The number of hydrogen-bond acceptors (Lipinski definition) is 3. The Morgan fingerprint density at radius 1 is 1.35 bits per heavy atom. The molecule has 2 rings (SSSR count). The van der Waals surface area contributed by atoms with Crippen LogP contribution in [0, 0.1) is 5.92 Å². The summed E-state index contributed by atoms with van der Waals surface area (Å²) < 4.78 is 23.3. The van der Waals surface area contributed by atoms with E-state index < -0.39 is 9.84 Å². The van der Waals surface area contributed by atoms with Crippen molar-refractivity contribution in [2.45, 2.75) is 64.3 Å². The van der Waals surface area contributed by atoms with Gasteiger partial charge in [0.25, 0.3) is 0 Å².